The van der Waals surface area contributed by atoms with Crippen LogP contribution in [0.15, 0.2) is 0 Å². The fourth-order valence-corrected chi connectivity index (χ4v) is 3.20. The van der Waals surface area contributed by atoms with Gasteiger partial charge in [-0.1, -0.05) is 77.6 Å². The molecule has 0 aliphatic carbocycles. The Bertz CT molecular complexity index is 413. The second kappa shape index (κ2) is 18.5. The number of phosphoric acid groups is 1. The summed E-state index contributed by atoms with van der Waals surface area (Å²) in [7, 11) is -4.65. The molecule has 0 amide bonds. The zero-order chi connectivity index (χ0) is 21.1. The van der Waals surface area contributed by atoms with Gasteiger partial charge in [0, 0.05) is 6.42 Å². The van der Waals surface area contributed by atoms with E-state index in [1.54, 1.807) is 0 Å². The van der Waals surface area contributed by atoms with Crippen LogP contribution in [-0.2, 0) is 23.4 Å². The minimum atomic E-state index is -4.65. The van der Waals surface area contributed by atoms with Crippen molar-refractivity contribution in [2.24, 2.45) is 0 Å². The van der Waals surface area contributed by atoms with Gasteiger partial charge in [0.1, 0.15) is 12.9 Å². The van der Waals surface area contributed by atoms with E-state index in [1.807, 2.05) is 0 Å². The molecule has 1 atom stereocenters. The van der Waals surface area contributed by atoms with Crippen LogP contribution in [-0.4, -0.2) is 47.0 Å². The van der Waals surface area contributed by atoms with Crippen LogP contribution >= 0.6 is 7.82 Å². The Morgan fingerprint density at radius 3 is 1.82 bits per heavy atom. The molecule has 8 nitrogen and oxygen atoms in total. The minimum Gasteiger partial charge on any atom is -0.457 e. The lowest BCUT2D eigenvalue weighted by atomic mass is 10.0. The Labute approximate surface area is 169 Å². The molecule has 0 spiro atoms. The van der Waals surface area contributed by atoms with Gasteiger partial charge in [0.15, 0.2) is 0 Å². The summed E-state index contributed by atoms with van der Waals surface area (Å²) in [5.41, 5.74) is 0. The van der Waals surface area contributed by atoms with Crippen molar-refractivity contribution in [3.63, 3.8) is 0 Å². The molecule has 0 saturated carbocycles. The van der Waals surface area contributed by atoms with E-state index in [9.17, 15) is 9.36 Å². The lowest BCUT2D eigenvalue weighted by Crippen LogP contribution is -2.28. The summed E-state index contributed by atoms with van der Waals surface area (Å²) in [6.07, 6.45) is 13.7. The second-order valence-electron chi connectivity index (χ2n) is 7.04. The number of phosphoric ester groups is 1. The molecule has 3 N–H and O–H groups in total. The fraction of sp³-hybridized carbons (Fsp3) is 0.947. The first-order valence-electron chi connectivity index (χ1n) is 10.5. The first kappa shape index (κ1) is 27.5. The highest BCUT2D eigenvalue weighted by molar-refractivity contribution is 7.46. The highest BCUT2D eigenvalue weighted by atomic mass is 31.2. The summed E-state index contributed by atoms with van der Waals surface area (Å²) in [4.78, 5) is 29.3. The molecule has 0 aliphatic heterocycles. The first-order valence-corrected chi connectivity index (χ1v) is 12.0. The molecule has 0 unspecified atom stereocenters. The fourth-order valence-electron chi connectivity index (χ4n) is 2.84. The quantitative estimate of drug-likeness (QED) is 0.115. The number of hydrogen-bond donors (Lipinski definition) is 3. The number of carbonyl (C=O) groups is 1. The molecule has 0 aromatic heterocycles. The van der Waals surface area contributed by atoms with Gasteiger partial charge >= 0.3 is 13.8 Å². The molecule has 28 heavy (non-hydrogen) atoms. The Morgan fingerprint density at radius 1 is 0.857 bits per heavy atom. The van der Waals surface area contributed by atoms with Gasteiger partial charge in [-0.2, -0.15) is 0 Å². The summed E-state index contributed by atoms with van der Waals surface area (Å²) < 4.78 is 24.9. The van der Waals surface area contributed by atoms with Gasteiger partial charge in [-0.05, 0) is 6.42 Å². The number of aliphatic hydroxyl groups is 1. The average molecular weight is 426 g/mol. The molecule has 0 heterocycles. The van der Waals surface area contributed by atoms with Crippen LogP contribution in [0.1, 0.15) is 90.4 Å². The third kappa shape index (κ3) is 20.2. The number of unbranched alkanes of at least 4 members (excludes halogenated alkanes) is 11. The summed E-state index contributed by atoms with van der Waals surface area (Å²) in [5, 5.41) is 8.65. The molecule has 168 valence electrons. The Morgan fingerprint density at radius 2 is 1.36 bits per heavy atom. The molecule has 0 radical (unpaired) electrons. The van der Waals surface area contributed by atoms with E-state index < -0.39 is 33.3 Å². The molecule has 9 heteroatoms. The average Bonchev–Trinajstić information content (AvgIpc) is 2.64. The smallest absolute Gasteiger partial charge is 0.457 e. The van der Waals surface area contributed by atoms with Gasteiger partial charge in [-0.3, -0.25) is 9.32 Å². The van der Waals surface area contributed by atoms with Crippen molar-refractivity contribution < 1.29 is 38.3 Å². The Hall–Kier alpha value is -0.500. The molecular weight excluding hydrogens is 387 g/mol. The Kier molecular flexibility index (Phi) is 18.2. The molecule has 0 bridgehead atoms. The zero-order valence-electron chi connectivity index (χ0n) is 17.2. The van der Waals surface area contributed by atoms with Crippen LogP contribution in [0.25, 0.3) is 0 Å². The van der Waals surface area contributed by atoms with Crippen LogP contribution in [0, 0.1) is 0 Å². The summed E-state index contributed by atoms with van der Waals surface area (Å²) >= 11 is 0. The normalized spacial score (nSPS) is 12.9. The molecule has 0 aromatic rings. The van der Waals surface area contributed by atoms with E-state index in [1.165, 1.54) is 57.8 Å². The van der Waals surface area contributed by atoms with E-state index in [2.05, 4.69) is 11.4 Å². The largest absolute Gasteiger partial charge is 0.469 e. The number of esters is 1. The second-order valence-corrected chi connectivity index (χ2v) is 8.28. The SMILES string of the molecule is CCCCCCCCCCCCCCC(=O)O[C@@H](COCO)COP(=O)(O)O. The van der Waals surface area contributed by atoms with Gasteiger partial charge in [-0.15, -0.1) is 0 Å². The van der Waals surface area contributed by atoms with Crippen molar-refractivity contribution in [3.05, 3.63) is 0 Å². The van der Waals surface area contributed by atoms with Gasteiger partial charge in [0.2, 0.25) is 0 Å². The number of rotatable bonds is 20. The van der Waals surface area contributed by atoms with E-state index in [-0.39, 0.29) is 13.0 Å². The molecule has 0 fully saturated rings. The molecule has 0 rings (SSSR count). The van der Waals surface area contributed by atoms with Crippen LogP contribution in [0.3, 0.4) is 0 Å². The van der Waals surface area contributed by atoms with E-state index >= 15 is 0 Å². The maximum atomic E-state index is 11.8. The van der Waals surface area contributed by atoms with Crippen molar-refractivity contribution in [1.29, 1.82) is 0 Å². The first-order chi connectivity index (χ1) is 13.4. The van der Waals surface area contributed by atoms with E-state index in [0.717, 1.165) is 12.8 Å². The van der Waals surface area contributed by atoms with Crippen LogP contribution in [0.4, 0.5) is 0 Å². The van der Waals surface area contributed by atoms with Crippen LogP contribution in [0.2, 0.25) is 0 Å². The highest BCUT2D eigenvalue weighted by Gasteiger charge is 2.21. The van der Waals surface area contributed by atoms with Crippen molar-refractivity contribution in [1.82, 2.24) is 0 Å². The molecule has 0 saturated heterocycles. The number of ether oxygens (including phenoxy) is 2. The van der Waals surface area contributed by atoms with Crippen molar-refractivity contribution >= 4 is 13.8 Å². The summed E-state index contributed by atoms with van der Waals surface area (Å²) in [6.45, 7) is 0.961. The van der Waals surface area contributed by atoms with E-state index in [0.29, 0.717) is 6.42 Å². The third-order valence-corrected chi connectivity index (χ3v) is 4.84. The van der Waals surface area contributed by atoms with Crippen molar-refractivity contribution in [3.8, 4) is 0 Å². The number of carbonyl (C=O) groups excluding carboxylic acids is 1. The van der Waals surface area contributed by atoms with E-state index in [4.69, 9.17) is 24.4 Å². The summed E-state index contributed by atoms with van der Waals surface area (Å²) in [5.74, 6) is -0.465. The maximum Gasteiger partial charge on any atom is 0.469 e. The van der Waals surface area contributed by atoms with Crippen molar-refractivity contribution in [2.45, 2.75) is 96.5 Å². The van der Waals surface area contributed by atoms with Gasteiger partial charge in [0.05, 0.1) is 13.2 Å². The van der Waals surface area contributed by atoms with Crippen LogP contribution < -0.4 is 0 Å². The molecule has 0 aromatic carbocycles. The number of hydrogen-bond acceptors (Lipinski definition) is 6. The standard InChI is InChI=1S/C19H39O8P/c1-2-3-4-5-6-7-8-9-10-11-12-13-14-19(21)27-18(15-25-17-20)16-26-28(22,23)24/h18,20H,2-17H2,1H3,(H2,22,23,24)/t18-/m0/s1. The van der Waals surface area contributed by atoms with Gasteiger partial charge < -0.3 is 24.4 Å². The predicted octanol–water partition coefficient (Wildman–Crippen LogP) is 4.07. The third-order valence-electron chi connectivity index (χ3n) is 4.36. The predicted molar refractivity (Wildman–Crippen MR) is 107 cm³/mol. The van der Waals surface area contributed by atoms with Crippen molar-refractivity contribution in [2.75, 3.05) is 20.0 Å². The van der Waals surface area contributed by atoms with Gasteiger partial charge in [0.25, 0.3) is 0 Å². The minimum absolute atomic E-state index is 0.194. The lowest BCUT2D eigenvalue weighted by Gasteiger charge is -2.17. The zero-order valence-corrected chi connectivity index (χ0v) is 18.1. The molecule has 0 aliphatic rings. The highest BCUT2D eigenvalue weighted by Crippen LogP contribution is 2.35. The number of aliphatic hydroxyl groups excluding tert-OH is 1. The molecular formula is C19H39O8P. The Balaban J connectivity index is 3.67. The lowest BCUT2D eigenvalue weighted by molar-refractivity contribution is -0.157. The van der Waals surface area contributed by atoms with Crippen LogP contribution in [0.5, 0.6) is 0 Å². The van der Waals surface area contributed by atoms with Gasteiger partial charge in [-0.25, -0.2) is 4.57 Å². The summed E-state index contributed by atoms with van der Waals surface area (Å²) in [6, 6.07) is 0. The topological polar surface area (TPSA) is 123 Å². The monoisotopic (exact) mass is 426 g/mol. The maximum absolute atomic E-state index is 11.8.